The van der Waals surface area contributed by atoms with Gasteiger partial charge in [0.05, 0.1) is 21.5 Å². The van der Waals surface area contributed by atoms with Crippen LogP contribution >= 0.6 is 11.8 Å². The zero-order chi connectivity index (χ0) is 15.0. The molecule has 0 radical (unpaired) electrons. The molecule has 0 amide bonds. The van der Waals surface area contributed by atoms with Crippen LogP contribution in [-0.2, 0) is 9.84 Å². The van der Waals surface area contributed by atoms with Gasteiger partial charge in [-0.05, 0) is 23.8 Å². The summed E-state index contributed by atoms with van der Waals surface area (Å²) in [4.78, 5) is 15.6. The van der Waals surface area contributed by atoms with E-state index in [2.05, 4.69) is 4.98 Å². The lowest BCUT2D eigenvalue weighted by atomic mass is 10.2. The Kier molecular flexibility index (Phi) is 3.46. The molecule has 108 valence electrons. The number of sulfone groups is 1. The maximum Gasteiger partial charge on any atom is 0.338 e. The zero-order valence-corrected chi connectivity index (χ0v) is 12.4. The van der Waals surface area contributed by atoms with Gasteiger partial charge in [-0.15, -0.1) is 0 Å². The molecule has 1 aromatic heterocycles. The fourth-order valence-corrected chi connectivity index (χ4v) is 5.79. The number of nitrogens with zero attached hydrogens (tertiary/aromatic N) is 1. The molecule has 3 rings (SSSR count). The first kappa shape index (κ1) is 14.1. The summed E-state index contributed by atoms with van der Waals surface area (Å²) >= 11 is 1.18. The molecule has 1 aliphatic heterocycles. The molecule has 0 fully saturated rings. The highest BCUT2D eigenvalue weighted by atomic mass is 32.2. The Morgan fingerprint density at radius 3 is 2.76 bits per heavy atom. The second-order valence-electron chi connectivity index (χ2n) is 4.59. The van der Waals surface area contributed by atoms with E-state index < -0.39 is 15.8 Å². The van der Waals surface area contributed by atoms with Gasteiger partial charge >= 0.3 is 5.97 Å². The molecule has 2 heterocycles. The van der Waals surface area contributed by atoms with Gasteiger partial charge in [-0.3, -0.25) is 0 Å². The standard InChI is InChI=1S/C14H11NO4S2/c16-14(17)10-5-3-7-15-13(10)20-11-8-21(18,19)12-6-2-1-4-9(11)12/h1-7,11H,8H2,(H,16,17). The van der Waals surface area contributed by atoms with E-state index in [1.165, 1.54) is 24.0 Å². The van der Waals surface area contributed by atoms with E-state index in [1.54, 1.807) is 30.3 Å². The molecule has 0 spiro atoms. The monoisotopic (exact) mass is 321 g/mol. The summed E-state index contributed by atoms with van der Waals surface area (Å²) in [5.41, 5.74) is 0.800. The fraction of sp³-hybridized carbons (Fsp3) is 0.143. The molecule has 5 nitrogen and oxygen atoms in total. The van der Waals surface area contributed by atoms with Crippen LogP contribution in [0.2, 0.25) is 0 Å². The van der Waals surface area contributed by atoms with Crippen molar-refractivity contribution in [1.29, 1.82) is 0 Å². The van der Waals surface area contributed by atoms with E-state index in [-0.39, 0.29) is 16.6 Å². The Hall–Kier alpha value is -1.86. The maximum absolute atomic E-state index is 12.1. The number of pyridine rings is 1. The van der Waals surface area contributed by atoms with E-state index in [0.29, 0.717) is 15.5 Å². The van der Waals surface area contributed by atoms with Gasteiger partial charge in [0.1, 0.15) is 5.03 Å². The molecule has 1 N–H and O–H groups in total. The molecule has 0 bridgehead atoms. The van der Waals surface area contributed by atoms with Gasteiger partial charge in [0, 0.05) is 6.20 Å². The van der Waals surface area contributed by atoms with Crippen molar-refractivity contribution >= 4 is 27.6 Å². The first-order valence-corrected chi connectivity index (χ1v) is 8.69. The van der Waals surface area contributed by atoms with Crippen molar-refractivity contribution in [2.75, 3.05) is 5.75 Å². The molecule has 2 aromatic rings. The quantitative estimate of drug-likeness (QED) is 0.934. The van der Waals surface area contributed by atoms with Crippen LogP contribution in [0.1, 0.15) is 21.2 Å². The van der Waals surface area contributed by atoms with Gasteiger partial charge in [0.15, 0.2) is 9.84 Å². The van der Waals surface area contributed by atoms with Crippen LogP contribution in [0, 0.1) is 0 Å². The second kappa shape index (κ2) is 5.16. The summed E-state index contributed by atoms with van der Waals surface area (Å²) in [5.74, 6) is -1.10. The summed E-state index contributed by atoms with van der Waals surface area (Å²) in [6, 6.07) is 9.83. The lowest BCUT2D eigenvalue weighted by Gasteiger charge is -2.10. The highest BCUT2D eigenvalue weighted by Crippen LogP contribution is 2.44. The SMILES string of the molecule is O=C(O)c1cccnc1SC1CS(=O)(=O)c2ccccc21. The number of benzene rings is 1. The molecule has 0 saturated carbocycles. The number of fused-ring (bicyclic) bond motifs is 1. The van der Waals surface area contributed by atoms with Crippen molar-refractivity contribution in [3.8, 4) is 0 Å². The van der Waals surface area contributed by atoms with E-state index >= 15 is 0 Å². The van der Waals surface area contributed by atoms with Crippen LogP contribution in [0.25, 0.3) is 0 Å². The van der Waals surface area contributed by atoms with Crippen molar-refractivity contribution in [1.82, 2.24) is 4.98 Å². The number of hydrogen-bond donors (Lipinski definition) is 1. The number of carboxylic acid groups (broad SMARTS) is 1. The fourth-order valence-electron chi connectivity index (χ4n) is 2.29. The van der Waals surface area contributed by atoms with Gasteiger partial charge < -0.3 is 5.11 Å². The van der Waals surface area contributed by atoms with E-state index in [0.717, 1.165) is 0 Å². The van der Waals surface area contributed by atoms with Crippen LogP contribution in [0.4, 0.5) is 0 Å². The Balaban J connectivity index is 2.00. The molecule has 21 heavy (non-hydrogen) atoms. The van der Waals surface area contributed by atoms with Gasteiger partial charge in [-0.25, -0.2) is 18.2 Å². The number of hydrogen-bond acceptors (Lipinski definition) is 5. The third-order valence-corrected chi connectivity index (χ3v) is 6.51. The third-order valence-electron chi connectivity index (χ3n) is 3.23. The number of carbonyl (C=O) groups is 1. The Morgan fingerprint density at radius 1 is 1.24 bits per heavy atom. The zero-order valence-electron chi connectivity index (χ0n) is 10.8. The molecule has 1 aliphatic rings. The summed E-state index contributed by atoms with van der Waals surface area (Å²) in [5, 5.41) is 9.17. The summed E-state index contributed by atoms with van der Waals surface area (Å²) in [7, 11) is -3.30. The molecule has 1 atom stereocenters. The summed E-state index contributed by atoms with van der Waals surface area (Å²) in [6.45, 7) is 0. The normalized spacial score (nSPS) is 19.1. The Bertz CT molecular complexity index is 817. The van der Waals surface area contributed by atoms with Crippen LogP contribution in [-0.4, -0.2) is 30.2 Å². The van der Waals surface area contributed by atoms with E-state index in [1.807, 2.05) is 0 Å². The predicted octanol–water partition coefficient (Wildman–Crippen LogP) is 2.40. The number of thioether (sulfide) groups is 1. The minimum absolute atomic E-state index is 0.0351. The minimum atomic E-state index is -3.30. The van der Waals surface area contributed by atoms with Crippen molar-refractivity contribution < 1.29 is 18.3 Å². The van der Waals surface area contributed by atoms with Crippen LogP contribution in [0.3, 0.4) is 0 Å². The first-order valence-electron chi connectivity index (χ1n) is 6.16. The summed E-state index contributed by atoms with van der Waals surface area (Å²) in [6.07, 6.45) is 1.50. The van der Waals surface area contributed by atoms with Gasteiger partial charge in [-0.1, -0.05) is 30.0 Å². The number of rotatable bonds is 3. The minimum Gasteiger partial charge on any atom is -0.478 e. The van der Waals surface area contributed by atoms with Crippen LogP contribution in [0.5, 0.6) is 0 Å². The van der Waals surface area contributed by atoms with E-state index in [4.69, 9.17) is 5.11 Å². The number of carboxylic acids is 1. The van der Waals surface area contributed by atoms with Crippen molar-refractivity contribution in [3.05, 3.63) is 53.7 Å². The van der Waals surface area contributed by atoms with Crippen LogP contribution < -0.4 is 0 Å². The highest BCUT2D eigenvalue weighted by molar-refractivity contribution is 8.01. The van der Waals surface area contributed by atoms with Crippen molar-refractivity contribution in [2.24, 2.45) is 0 Å². The summed E-state index contributed by atoms with van der Waals surface area (Å²) < 4.78 is 24.2. The van der Waals surface area contributed by atoms with Gasteiger partial charge in [0.25, 0.3) is 0 Å². The Morgan fingerprint density at radius 2 is 2.00 bits per heavy atom. The first-order chi connectivity index (χ1) is 9.99. The maximum atomic E-state index is 12.1. The topological polar surface area (TPSA) is 84.3 Å². The predicted molar refractivity (Wildman–Crippen MR) is 78.3 cm³/mol. The molecule has 0 saturated heterocycles. The van der Waals surface area contributed by atoms with Gasteiger partial charge in [0.2, 0.25) is 0 Å². The average Bonchev–Trinajstić information content (AvgIpc) is 2.71. The van der Waals surface area contributed by atoms with Gasteiger partial charge in [-0.2, -0.15) is 0 Å². The smallest absolute Gasteiger partial charge is 0.338 e. The molecule has 7 heteroatoms. The number of aromatic nitrogens is 1. The molecule has 1 aromatic carbocycles. The largest absolute Gasteiger partial charge is 0.478 e. The molecule has 0 aliphatic carbocycles. The highest BCUT2D eigenvalue weighted by Gasteiger charge is 2.35. The third kappa shape index (κ3) is 2.54. The van der Waals surface area contributed by atoms with Crippen molar-refractivity contribution in [3.63, 3.8) is 0 Å². The Labute approximate surface area is 126 Å². The lowest BCUT2D eigenvalue weighted by Crippen LogP contribution is -2.04. The average molecular weight is 321 g/mol. The second-order valence-corrected chi connectivity index (χ2v) is 7.78. The molecular weight excluding hydrogens is 310 g/mol. The number of aromatic carboxylic acids is 1. The lowest BCUT2D eigenvalue weighted by molar-refractivity contribution is 0.0692. The molecule has 1 unspecified atom stereocenters. The van der Waals surface area contributed by atoms with Crippen LogP contribution in [0.15, 0.2) is 52.5 Å². The van der Waals surface area contributed by atoms with Crippen molar-refractivity contribution in [2.45, 2.75) is 15.2 Å². The van der Waals surface area contributed by atoms with E-state index in [9.17, 15) is 13.2 Å². The molecular formula is C14H11NO4S2.